The highest BCUT2D eigenvalue weighted by atomic mass is 16.5. The SMILES string of the molecule is C=COc1cc(CCCC)cc(O)c1C1C=C(C)CCC1. The van der Waals surface area contributed by atoms with Crippen LogP contribution in [-0.2, 0) is 6.42 Å². The third kappa shape index (κ3) is 3.90. The normalized spacial score (nSPS) is 18.2. The number of hydrogen-bond donors (Lipinski definition) is 1. The van der Waals surface area contributed by atoms with Crippen LogP contribution in [-0.4, -0.2) is 5.11 Å². The maximum absolute atomic E-state index is 10.5. The standard InChI is InChI=1S/C19H26O2/c1-4-6-9-15-12-17(20)19(18(13-15)21-5-2)16-10-7-8-14(3)11-16/h5,11-13,16,20H,2,4,6-10H2,1,3H3. The Labute approximate surface area is 128 Å². The minimum atomic E-state index is 0.244. The molecule has 21 heavy (non-hydrogen) atoms. The minimum Gasteiger partial charge on any atom is -0.507 e. The molecule has 0 bridgehead atoms. The molecule has 1 N–H and O–H groups in total. The number of benzene rings is 1. The lowest BCUT2D eigenvalue weighted by atomic mass is 9.84. The smallest absolute Gasteiger partial charge is 0.134 e. The zero-order valence-corrected chi connectivity index (χ0v) is 13.2. The van der Waals surface area contributed by atoms with Crippen molar-refractivity contribution in [2.24, 2.45) is 0 Å². The van der Waals surface area contributed by atoms with Gasteiger partial charge in [-0.3, -0.25) is 0 Å². The van der Waals surface area contributed by atoms with Gasteiger partial charge in [-0.2, -0.15) is 0 Å². The quantitative estimate of drug-likeness (QED) is 0.555. The molecule has 0 saturated heterocycles. The molecule has 1 aliphatic rings. The van der Waals surface area contributed by atoms with E-state index in [-0.39, 0.29) is 5.92 Å². The second-order valence-electron chi connectivity index (χ2n) is 5.93. The number of aromatic hydroxyl groups is 1. The van der Waals surface area contributed by atoms with Gasteiger partial charge in [0.1, 0.15) is 11.5 Å². The number of allylic oxidation sites excluding steroid dienone is 2. The highest BCUT2D eigenvalue weighted by molar-refractivity contribution is 5.51. The number of hydrogen-bond acceptors (Lipinski definition) is 2. The summed E-state index contributed by atoms with van der Waals surface area (Å²) < 4.78 is 5.60. The van der Waals surface area contributed by atoms with E-state index >= 15 is 0 Å². The summed E-state index contributed by atoms with van der Waals surface area (Å²) in [6.07, 6.45) is 10.3. The van der Waals surface area contributed by atoms with Crippen molar-refractivity contribution >= 4 is 0 Å². The predicted octanol–water partition coefficient (Wildman–Crippen LogP) is 5.47. The molecular formula is C19H26O2. The maximum atomic E-state index is 10.5. The van der Waals surface area contributed by atoms with Crippen molar-refractivity contribution < 1.29 is 9.84 Å². The molecule has 1 atom stereocenters. The third-order valence-electron chi connectivity index (χ3n) is 4.15. The summed E-state index contributed by atoms with van der Waals surface area (Å²) in [7, 11) is 0. The number of aryl methyl sites for hydroxylation is 1. The van der Waals surface area contributed by atoms with Crippen molar-refractivity contribution in [2.75, 3.05) is 0 Å². The Kier molecular flexibility index (Phi) is 5.49. The fourth-order valence-electron chi connectivity index (χ4n) is 3.09. The van der Waals surface area contributed by atoms with E-state index in [1.165, 1.54) is 11.8 Å². The van der Waals surface area contributed by atoms with E-state index in [1.807, 2.05) is 6.07 Å². The molecule has 0 fully saturated rings. The second kappa shape index (κ2) is 7.35. The van der Waals surface area contributed by atoms with Gasteiger partial charge in [0.05, 0.1) is 6.26 Å². The lowest BCUT2D eigenvalue weighted by Gasteiger charge is -2.23. The Morgan fingerprint density at radius 1 is 1.43 bits per heavy atom. The highest BCUT2D eigenvalue weighted by Gasteiger charge is 2.22. The molecule has 2 nitrogen and oxygen atoms in total. The van der Waals surface area contributed by atoms with Gasteiger partial charge in [-0.15, -0.1) is 0 Å². The van der Waals surface area contributed by atoms with Gasteiger partial charge in [0.2, 0.25) is 0 Å². The summed E-state index contributed by atoms with van der Waals surface area (Å²) in [5.74, 6) is 1.36. The van der Waals surface area contributed by atoms with Crippen LogP contribution in [0.1, 0.15) is 63.0 Å². The van der Waals surface area contributed by atoms with E-state index in [9.17, 15) is 5.11 Å². The molecule has 114 valence electrons. The fourth-order valence-corrected chi connectivity index (χ4v) is 3.09. The Morgan fingerprint density at radius 3 is 2.90 bits per heavy atom. The topological polar surface area (TPSA) is 29.5 Å². The molecule has 0 aliphatic heterocycles. The first-order valence-corrected chi connectivity index (χ1v) is 7.96. The average Bonchev–Trinajstić information content (AvgIpc) is 2.45. The first kappa shape index (κ1) is 15.7. The summed E-state index contributed by atoms with van der Waals surface area (Å²) in [4.78, 5) is 0. The summed E-state index contributed by atoms with van der Waals surface area (Å²) in [5, 5.41) is 10.5. The van der Waals surface area contributed by atoms with Crippen LogP contribution < -0.4 is 4.74 Å². The Morgan fingerprint density at radius 2 is 2.24 bits per heavy atom. The molecule has 1 aromatic rings. The third-order valence-corrected chi connectivity index (χ3v) is 4.15. The lowest BCUT2D eigenvalue weighted by molar-refractivity contribution is 0.432. The van der Waals surface area contributed by atoms with Crippen molar-refractivity contribution in [3.8, 4) is 11.5 Å². The van der Waals surface area contributed by atoms with Crippen LogP contribution in [0.15, 0.2) is 36.6 Å². The van der Waals surface area contributed by atoms with E-state index in [1.54, 1.807) is 0 Å². The molecule has 2 heteroatoms. The summed E-state index contributed by atoms with van der Waals surface area (Å²) >= 11 is 0. The minimum absolute atomic E-state index is 0.244. The van der Waals surface area contributed by atoms with Crippen LogP contribution in [0.25, 0.3) is 0 Å². The van der Waals surface area contributed by atoms with Gasteiger partial charge in [0, 0.05) is 11.5 Å². The molecule has 0 amide bonds. The van der Waals surface area contributed by atoms with Crippen molar-refractivity contribution in [1.82, 2.24) is 0 Å². The van der Waals surface area contributed by atoms with Gasteiger partial charge in [0.25, 0.3) is 0 Å². The Hall–Kier alpha value is -1.70. The van der Waals surface area contributed by atoms with Crippen molar-refractivity contribution in [3.63, 3.8) is 0 Å². The molecule has 0 spiro atoms. The van der Waals surface area contributed by atoms with Crippen LogP contribution in [0.2, 0.25) is 0 Å². The largest absolute Gasteiger partial charge is 0.507 e. The van der Waals surface area contributed by atoms with Crippen LogP contribution in [0.5, 0.6) is 11.5 Å². The molecule has 0 heterocycles. The first-order chi connectivity index (χ1) is 10.2. The van der Waals surface area contributed by atoms with Crippen molar-refractivity contribution in [1.29, 1.82) is 0 Å². The summed E-state index contributed by atoms with van der Waals surface area (Å²) in [5.41, 5.74) is 3.44. The van der Waals surface area contributed by atoms with E-state index in [2.05, 4.69) is 32.6 Å². The molecule has 0 saturated carbocycles. The fraction of sp³-hybridized carbons (Fsp3) is 0.474. The predicted molar refractivity (Wildman–Crippen MR) is 87.9 cm³/mol. The molecular weight excluding hydrogens is 260 g/mol. The van der Waals surface area contributed by atoms with E-state index in [0.717, 1.165) is 55.4 Å². The number of phenols is 1. The molecule has 0 radical (unpaired) electrons. The van der Waals surface area contributed by atoms with Gasteiger partial charge in [0.15, 0.2) is 0 Å². The van der Waals surface area contributed by atoms with Crippen LogP contribution in [0.3, 0.4) is 0 Å². The summed E-state index contributed by atoms with van der Waals surface area (Å²) in [6, 6.07) is 3.96. The molecule has 2 rings (SSSR count). The molecule has 1 aromatic carbocycles. The number of phenolic OH excluding ortho intramolecular Hbond substituents is 1. The van der Waals surface area contributed by atoms with Crippen LogP contribution in [0, 0.1) is 0 Å². The van der Waals surface area contributed by atoms with E-state index in [4.69, 9.17) is 4.74 Å². The zero-order valence-electron chi connectivity index (χ0n) is 13.2. The monoisotopic (exact) mass is 286 g/mol. The lowest BCUT2D eigenvalue weighted by Crippen LogP contribution is -2.05. The van der Waals surface area contributed by atoms with Crippen LogP contribution >= 0.6 is 0 Å². The summed E-state index contributed by atoms with van der Waals surface area (Å²) in [6.45, 7) is 7.99. The second-order valence-corrected chi connectivity index (χ2v) is 5.93. The van der Waals surface area contributed by atoms with Gasteiger partial charge in [-0.25, -0.2) is 0 Å². The molecule has 1 aliphatic carbocycles. The van der Waals surface area contributed by atoms with Gasteiger partial charge < -0.3 is 9.84 Å². The van der Waals surface area contributed by atoms with E-state index < -0.39 is 0 Å². The highest BCUT2D eigenvalue weighted by Crippen LogP contribution is 2.42. The van der Waals surface area contributed by atoms with E-state index in [0.29, 0.717) is 5.75 Å². The molecule has 1 unspecified atom stereocenters. The number of unbranched alkanes of at least 4 members (excludes halogenated alkanes) is 1. The Balaban J connectivity index is 2.38. The maximum Gasteiger partial charge on any atom is 0.134 e. The molecule has 0 aromatic heterocycles. The average molecular weight is 286 g/mol. The van der Waals surface area contributed by atoms with Gasteiger partial charge >= 0.3 is 0 Å². The van der Waals surface area contributed by atoms with Gasteiger partial charge in [-0.1, -0.05) is 31.6 Å². The van der Waals surface area contributed by atoms with Crippen LogP contribution in [0.4, 0.5) is 0 Å². The first-order valence-electron chi connectivity index (χ1n) is 7.96. The number of rotatable bonds is 6. The Bertz CT molecular complexity index is 529. The van der Waals surface area contributed by atoms with Gasteiger partial charge in [-0.05, 0) is 56.7 Å². The van der Waals surface area contributed by atoms with Crippen molar-refractivity contribution in [2.45, 2.75) is 58.3 Å². The zero-order chi connectivity index (χ0) is 15.2. The van der Waals surface area contributed by atoms with Crippen molar-refractivity contribution in [3.05, 3.63) is 47.7 Å². The number of ether oxygens (including phenoxy) is 1.